The van der Waals surface area contributed by atoms with Crippen molar-refractivity contribution in [2.24, 2.45) is 13.0 Å². The lowest BCUT2D eigenvalue weighted by molar-refractivity contribution is -0.137. The van der Waals surface area contributed by atoms with Gasteiger partial charge < -0.3 is 19.5 Å². The average molecular weight is 509 g/mol. The number of rotatable bonds is 9. The van der Waals surface area contributed by atoms with E-state index in [2.05, 4.69) is 10.3 Å². The second kappa shape index (κ2) is 11.2. The second-order valence-corrected chi connectivity index (χ2v) is 10.1. The van der Waals surface area contributed by atoms with Crippen molar-refractivity contribution in [3.05, 3.63) is 52.1 Å². The van der Waals surface area contributed by atoms with Crippen LogP contribution in [0.1, 0.15) is 65.8 Å². The lowest BCUT2D eigenvalue weighted by Gasteiger charge is -2.23. The molecule has 4 rings (SSSR count). The van der Waals surface area contributed by atoms with Gasteiger partial charge in [-0.2, -0.15) is 0 Å². The summed E-state index contributed by atoms with van der Waals surface area (Å²) < 4.78 is 12.8. The number of ether oxygens (including phenoxy) is 2. The minimum absolute atomic E-state index is 0.0997. The van der Waals surface area contributed by atoms with Gasteiger partial charge in [-0.1, -0.05) is 36.3 Å². The van der Waals surface area contributed by atoms with Crippen LogP contribution in [0.5, 0.6) is 5.75 Å². The van der Waals surface area contributed by atoms with E-state index >= 15 is 0 Å². The number of carbonyl (C=O) groups excluding carboxylic acids is 1. The predicted molar refractivity (Wildman–Crippen MR) is 140 cm³/mol. The maximum atomic E-state index is 12.6. The Bertz CT molecular complexity index is 1300. The van der Waals surface area contributed by atoms with Crippen molar-refractivity contribution in [2.45, 2.75) is 58.4 Å². The monoisotopic (exact) mass is 508 g/mol. The summed E-state index contributed by atoms with van der Waals surface area (Å²) in [4.78, 5) is 26.2. The molecule has 0 radical (unpaired) electrons. The summed E-state index contributed by atoms with van der Waals surface area (Å²) in [5, 5.41) is 18.2. The van der Waals surface area contributed by atoms with Crippen molar-refractivity contribution >= 4 is 23.1 Å². The van der Waals surface area contributed by atoms with Gasteiger partial charge in [0.2, 0.25) is 0 Å². The number of benzene rings is 2. The molecule has 1 heterocycles. The first-order chi connectivity index (χ1) is 17.7. The Kier molecular flexibility index (Phi) is 8.00. The molecule has 0 spiro atoms. The minimum Gasteiger partial charge on any atom is -0.494 e. The third-order valence-electron chi connectivity index (χ3n) is 7.52. The Hall–Kier alpha value is -3.62. The van der Waals surface area contributed by atoms with Crippen LogP contribution in [0.3, 0.4) is 0 Å². The molecule has 198 valence electrons. The number of aromatic nitrogens is 3. The van der Waals surface area contributed by atoms with E-state index in [0.717, 1.165) is 46.2 Å². The van der Waals surface area contributed by atoms with Gasteiger partial charge in [0, 0.05) is 26.6 Å². The van der Waals surface area contributed by atoms with Crippen LogP contribution in [-0.2, 0) is 23.1 Å². The molecule has 1 unspecified atom stereocenters. The molecular formula is C28H36N4O5. The largest absolute Gasteiger partial charge is 0.494 e. The summed E-state index contributed by atoms with van der Waals surface area (Å²) in [7, 11) is 5.11. The maximum absolute atomic E-state index is 12.6. The second-order valence-electron chi connectivity index (χ2n) is 10.1. The Morgan fingerprint density at radius 1 is 1.22 bits per heavy atom. The molecule has 1 aliphatic carbocycles. The zero-order chi connectivity index (χ0) is 26.7. The number of hydrogen-bond donors (Lipinski definition) is 1. The van der Waals surface area contributed by atoms with Gasteiger partial charge in [-0.3, -0.25) is 4.79 Å². The Balaban J connectivity index is 1.64. The molecule has 37 heavy (non-hydrogen) atoms. The van der Waals surface area contributed by atoms with Gasteiger partial charge in [-0.25, -0.2) is 9.48 Å². The molecule has 1 aromatic heterocycles. The number of hydrogen-bond acceptors (Lipinski definition) is 6. The SMILES string of the molecule is COc1cc(C(CC(=O)O)c2ccc(C)c(CN(C)C(=O)OCC3CCCC3)c2)c(C)c2nnn(C)c12. The van der Waals surface area contributed by atoms with Crippen LogP contribution in [0.4, 0.5) is 4.79 Å². The van der Waals surface area contributed by atoms with E-state index < -0.39 is 11.9 Å². The molecule has 0 aliphatic heterocycles. The highest BCUT2D eigenvalue weighted by Gasteiger charge is 2.25. The third-order valence-corrected chi connectivity index (χ3v) is 7.52. The van der Waals surface area contributed by atoms with E-state index in [9.17, 15) is 14.7 Å². The highest BCUT2D eigenvalue weighted by atomic mass is 16.6. The molecule has 2 aromatic carbocycles. The topological polar surface area (TPSA) is 107 Å². The molecule has 1 atom stereocenters. The standard InChI is InChI=1S/C28H36N4O5/c1-17-10-11-20(12-21(17)15-31(3)28(35)37-16-19-8-6-7-9-19)23(14-25(33)34)22-13-24(36-5)27-26(18(22)2)29-30-32(27)4/h10-13,19,23H,6-9,14-16H2,1-5H3,(H,33,34). The van der Waals surface area contributed by atoms with E-state index in [1.165, 1.54) is 12.8 Å². The number of nitrogens with zero attached hydrogens (tertiary/aromatic N) is 4. The summed E-state index contributed by atoms with van der Waals surface area (Å²) in [5.74, 6) is -0.282. The van der Waals surface area contributed by atoms with Crippen molar-refractivity contribution in [1.82, 2.24) is 19.9 Å². The molecule has 3 aromatic rings. The number of fused-ring (bicyclic) bond motifs is 1. The summed E-state index contributed by atoms with van der Waals surface area (Å²) in [5.41, 5.74) is 5.95. The van der Waals surface area contributed by atoms with Crippen molar-refractivity contribution in [3.8, 4) is 5.75 Å². The molecule has 1 amide bonds. The van der Waals surface area contributed by atoms with E-state index in [4.69, 9.17) is 9.47 Å². The van der Waals surface area contributed by atoms with Crippen molar-refractivity contribution in [2.75, 3.05) is 20.8 Å². The molecular weight excluding hydrogens is 472 g/mol. The van der Waals surface area contributed by atoms with Crippen LogP contribution in [0.2, 0.25) is 0 Å². The average Bonchev–Trinajstić information content (AvgIpc) is 3.53. The van der Waals surface area contributed by atoms with Crippen LogP contribution >= 0.6 is 0 Å². The first-order valence-electron chi connectivity index (χ1n) is 12.8. The molecule has 0 saturated heterocycles. The molecule has 1 saturated carbocycles. The number of aryl methyl sites for hydroxylation is 3. The summed E-state index contributed by atoms with van der Waals surface area (Å²) in [6.07, 6.45) is 4.21. The summed E-state index contributed by atoms with van der Waals surface area (Å²) in [6, 6.07) is 7.82. The van der Waals surface area contributed by atoms with E-state index in [-0.39, 0.29) is 12.5 Å². The Labute approximate surface area is 217 Å². The van der Waals surface area contributed by atoms with Gasteiger partial charge in [-0.15, -0.1) is 5.10 Å². The minimum atomic E-state index is -0.905. The van der Waals surface area contributed by atoms with E-state index in [1.807, 2.05) is 38.1 Å². The number of methoxy groups -OCH3 is 1. The molecule has 1 N–H and O–H groups in total. The fraction of sp³-hybridized carbons (Fsp3) is 0.500. The van der Waals surface area contributed by atoms with Gasteiger partial charge in [0.05, 0.1) is 20.1 Å². The summed E-state index contributed by atoms with van der Waals surface area (Å²) in [6.45, 7) is 4.76. The van der Waals surface area contributed by atoms with E-state index in [0.29, 0.717) is 30.3 Å². The lowest BCUT2D eigenvalue weighted by atomic mass is 9.84. The van der Waals surface area contributed by atoms with Crippen LogP contribution in [0, 0.1) is 19.8 Å². The van der Waals surface area contributed by atoms with Gasteiger partial charge in [-0.05, 0) is 66.5 Å². The van der Waals surface area contributed by atoms with Crippen molar-refractivity contribution in [3.63, 3.8) is 0 Å². The van der Waals surface area contributed by atoms with Crippen LogP contribution in [-0.4, -0.2) is 57.8 Å². The van der Waals surface area contributed by atoms with Crippen LogP contribution in [0.15, 0.2) is 24.3 Å². The smallest absolute Gasteiger partial charge is 0.409 e. The number of carbonyl (C=O) groups is 2. The van der Waals surface area contributed by atoms with Gasteiger partial charge in [0.25, 0.3) is 0 Å². The van der Waals surface area contributed by atoms with Crippen molar-refractivity contribution < 1.29 is 24.2 Å². The first kappa shape index (κ1) is 26.4. The molecule has 9 nitrogen and oxygen atoms in total. The van der Waals surface area contributed by atoms with Gasteiger partial charge >= 0.3 is 12.1 Å². The molecule has 1 fully saturated rings. The predicted octanol–water partition coefficient (Wildman–Crippen LogP) is 4.96. The summed E-state index contributed by atoms with van der Waals surface area (Å²) >= 11 is 0. The quantitative estimate of drug-likeness (QED) is 0.435. The highest BCUT2D eigenvalue weighted by molar-refractivity contribution is 5.86. The molecule has 0 bridgehead atoms. The van der Waals surface area contributed by atoms with Crippen molar-refractivity contribution in [1.29, 1.82) is 0 Å². The fourth-order valence-corrected chi connectivity index (χ4v) is 5.31. The number of carboxylic acids is 1. The molecule has 1 aliphatic rings. The Morgan fingerprint density at radius 3 is 2.62 bits per heavy atom. The fourth-order valence-electron chi connectivity index (χ4n) is 5.31. The first-order valence-corrected chi connectivity index (χ1v) is 12.8. The highest BCUT2D eigenvalue weighted by Crippen LogP contribution is 2.38. The van der Waals surface area contributed by atoms with Gasteiger partial charge in [0.15, 0.2) is 0 Å². The van der Waals surface area contributed by atoms with Gasteiger partial charge in [0.1, 0.15) is 16.8 Å². The number of carboxylic acid groups (broad SMARTS) is 1. The molecule has 9 heteroatoms. The zero-order valence-corrected chi connectivity index (χ0v) is 22.3. The third kappa shape index (κ3) is 5.70. The number of aliphatic carboxylic acids is 1. The van der Waals surface area contributed by atoms with Crippen LogP contribution < -0.4 is 4.74 Å². The maximum Gasteiger partial charge on any atom is 0.409 e. The number of amides is 1. The Morgan fingerprint density at radius 2 is 1.95 bits per heavy atom. The zero-order valence-electron chi connectivity index (χ0n) is 22.3. The lowest BCUT2D eigenvalue weighted by Crippen LogP contribution is -2.28. The normalized spacial score (nSPS) is 14.6. The van der Waals surface area contributed by atoms with Crippen LogP contribution in [0.25, 0.3) is 11.0 Å². The van der Waals surface area contributed by atoms with E-state index in [1.54, 1.807) is 30.8 Å².